The first kappa shape index (κ1) is 16.0. The number of benzene rings is 1. The fourth-order valence-electron chi connectivity index (χ4n) is 3.55. The highest BCUT2D eigenvalue weighted by Crippen LogP contribution is 2.24. The summed E-state index contributed by atoms with van der Waals surface area (Å²) in [7, 11) is 0. The number of hydrogen-bond acceptors (Lipinski definition) is 4. The van der Waals surface area contributed by atoms with Crippen LogP contribution in [0.25, 0.3) is 10.9 Å². The molecule has 0 amide bonds. The number of anilines is 2. The maximum Gasteiger partial charge on any atom is 0.152 e. The number of hydrogen-bond donors (Lipinski definition) is 2. The molecule has 0 aliphatic carbocycles. The van der Waals surface area contributed by atoms with Gasteiger partial charge in [0.2, 0.25) is 0 Å². The monoisotopic (exact) mass is 335 g/mol. The highest BCUT2D eigenvalue weighted by molar-refractivity contribution is 5.80. The van der Waals surface area contributed by atoms with E-state index in [0.717, 1.165) is 50.8 Å². The van der Waals surface area contributed by atoms with Gasteiger partial charge in [-0.3, -0.25) is 4.90 Å². The third-order valence-corrected chi connectivity index (χ3v) is 4.81. The maximum absolute atomic E-state index is 4.60. The van der Waals surface area contributed by atoms with Crippen LogP contribution < -0.4 is 10.2 Å². The second-order valence-electron chi connectivity index (χ2n) is 6.55. The summed E-state index contributed by atoms with van der Waals surface area (Å²) in [6.07, 6.45) is 1.88. The number of para-hydroxylation sites is 1. The van der Waals surface area contributed by atoms with E-state index in [-0.39, 0.29) is 0 Å². The van der Waals surface area contributed by atoms with Gasteiger partial charge in [-0.15, -0.1) is 0 Å². The van der Waals surface area contributed by atoms with Crippen LogP contribution in [-0.4, -0.2) is 47.6 Å². The van der Waals surface area contributed by atoms with Crippen molar-refractivity contribution in [3.8, 4) is 0 Å². The van der Waals surface area contributed by atoms with Crippen LogP contribution in [0.4, 0.5) is 11.5 Å². The standard InChI is InChI=1S/C20H25N5/c1-2-21-19-8-5-9-22-20(19)25-12-10-24(11-13-25)15-17-14-16-6-3-4-7-18(16)23-17/h3-9,14,21,23H,2,10-13,15H2,1H3. The van der Waals surface area contributed by atoms with E-state index < -0.39 is 0 Å². The van der Waals surface area contributed by atoms with Crippen LogP contribution in [0.1, 0.15) is 12.6 Å². The van der Waals surface area contributed by atoms with E-state index in [2.05, 4.69) is 68.4 Å². The molecule has 1 aliphatic heterocycles. The lowest BCUT2D eigenvalue weighted by atomic mass is 10.2. The highest BCUT2D eigenvalue weighted by atomic mass is 15.3. The first-order chi connectivity index (χ1) is 12.3. The minimum Gasteiger partial charge on any atom is -0.382 e. The second kappa shape index (κ2) is 7.15. The Morgan fingerprint density at radius 2 is 1.92 bits per heavy atom. The summed E-state index contributed by atoms with van der Waals surface area (Å²) in [6.45, 7) is 8.14. The molecular formula is C20H25N5. The quantitative estimate of drug-likeness (QED) is 0.751. The number of nitrogens with one attached hydrogen (secondary N) is 2. The Bertz CT molecular complexity index is 800. The van der Waals surface area contributed by atoms with Gasteiger partial charge < -0.3 is 15.2 Å². The van der Waals surface area contributed by atoms with E-state index in [1.807, 2.05) is 12.3 Å². The van der Waals surface area contributed by atoms with Crippen LogP contribution in [0.3, 0.4) is 0 Å². The number of pyridine rings is 1. The topological polar surface area (TPSA) is 47.2 Å². The molecule has 2 aromatic heterocycles. The summed E-state index contributed by atoms with van der Waals surface area (Å²) >= 11 is 0. The molecule has 1 aliphatic rings. The molecule has 1 fully saturated rings. The molecule has 3 heterocycles. The Morgan fingerprint density at radius 3 is 2.72 bits per heavy atom. The Morgan fingerprint density at radius 1 is 1.08 bits per heavy atom. The van der Waals surface area contributed by atoms with Crippen LogP contribution in [0.2, 0.25) is 0 Å². The Hall–Kier alpha value is -2.53. The molecule has 0 unspecified atom stereocenters. The summed E-state index contributed by atoms with van der Waals surface area (Å²) in [6, 6.07) is 14.8. The predicted molar refractivity (Wildman–Crippen MR) is 104 cm³/mol. The zero-order valence-electron chi connectivity index (χ0n) is 14.7. The number of piperazine rings is 1. The van der Waals surface area contributed by atoms with Crippen LogP contribution in [-0.2, 0) is 6.54 Å². The third kappa shape index (κ3) is 3.46. The number of aromatic nitrogens is 2. The molecule has 1 saturated heterocycles. The van der Waals surface area contributed by atoms with Gasteiger partial charge in [0.15, 0.2) is 5.82 Å². The van der Waals surface area contributed by atoms with Gasteiger partial charge in [-0.1, -0.05) is 18.2 Å². The number of aromatic amines is 1. The van der Waals surface area contributed by atoms with Gasteiger partial charge in [-0.2, -0.15) is 0 Å². The van der Waals surface area contributed by atoms with Gasteiger partial charge >= 0.3 is 0 Å². The average molecular weight is 335 g/mol. The molecule has 3 aromatic rings. The van der Waals surface area contributed by atoms with E-state index in [0.29, 0.717) is 0 Å². The molecule has 0 radical (unpaired) electrons. The minimum absolute atomic E-state index is 0.916. The van der Waals surface area contributed by atoms with Crippen molar-refractivity contribution in [1.82, 2.24) is 14.9 Å². The third-order valence-electron chi connectivity index (χ3n) is 4.81. The van der Waals surface area contributed by atoms with Crippen molar-refractivity contribution in [2.75, 3.05) is 42.9 Å². The number of rotatable bonds is 5. The lowest BCUT2D eigenvalue weighted by Gasteiger charge is -2.36. The van der Waals surface area contributed by atoms with E-state index in [9.17, 15) is 0 Å². The minimum atomic E-state index is 0.916. The predicted octanol–water partition coefficient (Wildman–Crippen LogP) is 3.32. The molecule has 0 spiro atoms. The van der Waals surface area contributed by atoms with E-state index in [1.165, 1.54) is 16.6 Å². The number of nitrogens with zero attached hydrogens (tertiary/aromatic N) is 3. The van der Waals surface area contributed by atoms with Gasteiger partial charge in [0, 0.05) is 56.7 Å². The summed E-state index contributed by atoms with van der Waals surface area (Å²) in [5, 5.41) is 4.71. The number of fused-ring (bicyclic) bond motifs is 1. The smallest absolute Gasteiger partial charge is 0.152 e. The van der Waals surface area contributed by atoms with Crippen molar-refractivity contribution in [2.45, 2.75) is 13.5 Å². The van der Waals surface area contributed by atoms with E-state index in [1.54, 1.807) is 0 Å². The first-order valence-corrected chi connectivity index (χ1v) is 9.06. The van der Waals surface area contributed by atoms with Gasteiger partial charge in [-0.25, -0.2) is 4.98 Å². The van der Waals surface area contributed by atoms with Gasteiger partial charge in [-0.05, 0) is 36.6 Å². The number of H-pyrrole nitrogens is 1. The zero-order valence-corrected chi connectivity index (χ0v) is 14.7. The SMILES string of the molecule is CCNc1cccnc1N1CCN(Cc2cc3ccccc3[nH]2)CC1. The van der Waals surface area contributed by atoms with Crippen molar-refractivity contribution in [1.29, 1.82) is 0 Å². The van der Waals surface area contributed by atoms with Crippen LogP contribution in [0, 0.1) is 0 Å². The Kier molecular flexibility index (Phi) is 4.57. The second-order valence-corrected chi connectivity index (χ2v) is 6.55. The van der Waals surface area contributed by atoms with Gasteiger partial charge in [0.1, 0.15) is 0 Å². The zero-order chi connectivity index (χ0) is 17.1. The van der Waals surface area contributed by atoms with Crippen molar-refractivity contribution in [3.63, 3.8) is 0 Å². The molecule has 4 rings (SSSR count). The fraction of sp³-hybridized carbons (Fsp3) is 0.350. The van der Waals surface area contributed by atoms with Gasteiger partial charge in [0.05, 0.1) is 5.69 Å². The fourth-order valence-corrected chi connectivity index (χ4v) is 3.55. The van der Waals surface area contributed by atoms with Crippen LogP contribution in [0.5, 0.6) is 0 Å². The molecule has 0 bridgehead atoms. The van der Waals surface area contributed by atoms with E-state index >= 15 is 0 Å². The van der Waals surface area contributed by atoms with Crippen LogP contribution >= 0.6 is 0 Å². The molecule has 0 atom stereocenters. The molecule has 130 valence electrons. The molecule has 5 heteroatoms. The molecule has 5 nitrogen and oxygen atoms in total. The molecular weight excluding hydrogens is 310 g/mol. The molecule has 1 aromatic carbocycles. The largest absolute Gasteiger partial charge is 0.382 e. The summed E-state index contributed by atoms with van der Waals surface area (Å²) in [4.78, 5) is 13.0. The normalized spacial score (nSPS) is 15.6. The highest BCUT2D eigenvalue weighted by Gasteiger charge is 2.20. The van der Waals surface area contributed by atoms with Crippen molar-refractivity contribution < 1.29 is 0 Å². The molecule has 0 saturated carbocycles. The summed E-state index contributed by atoms with van der Waals surface area (Å²) in [5.41, 5.74) is 3.65. The Balaban J connectivity index is 1.40. The van der Waals surface area contributed by atoms with Crippen molar-refractivity contribution in [2.24, 2.45) is 0 Å². The van der Waals surface area contributed by atoms with Gasteiger partial charge in [0.25, 0.3) is 0 Å². The van der Waals surface area contributed by atoms with E-state index in [4.69, 9.17) is 0 Å². The maximum atomic E-state index is 4.60. The first-order valence-electron chi connectivity index (χ1n) is 9.06. The average Bonchev–Trinajstić information content (AvgIpc) is 3.05. The summed E-state index contributed by atoms with van der Waals surface area (Å²) < 4.78 is 0. The van der Waals surface area contributed by atoms with Crippen molar-refractivity contribution >= 4 is 22.4 Å². The Labute approximate surface area is 148 Å². The lowest BCUT2D eigenvalue weighted by molar-refractivity contribution is 0.247. The summed E-state index contributed by atoms with van der Waals surface area (Å²) in [5.74, 6) is 1.08. The molecule has 25 heavy (non-hydrogen) atoms. The van der Waals surface area contributed by atoms with Crippen molar-refractivity contribution in [3.05, 3.63) is 54.4 Å². The molecule has 2 N–H and O–H groups in total. The van der Waals surface area contributed by atoms with Crippen LogP contribution in [0.15, 0.2) is 48.7 Å². The lowest BCUT2D eigenvalue weighted by Crippen LogP contribution is -2.46.